The van der Waals surface area contributed by atoms with Crippen LogP contribution < -0.4 is 0 Å². The van der Waals surface area contributed by atoms with E-state index in [1.807, 2.05) is 13.8 Å². The van der Waals surface area contributed by atoms with Crippen LogP contribution in [0.3, 0.4) is 0 Å². The maximum atomic E-state index is 10.7. The predicted molar refractivity (Wildman–Crippen MR) is 51.8 cm³/mol. The van der Waals surface area contributed by atoms with Gasteiger partial charge in [-0.1, -0.05) is 13.8 Å². The Labute approximate surface area is 85.6 Å². The van der Waals surface area contributed by atoms with Gasteiger partial charge < -0.3 is 5.11 Å². The topological polar surface area (TPSA) is 80.4 Å². The van der Waals surface area contributed by atoms with Crippen molar-refractivity contribution in [3.63, 3.8) is 0 Å². The molecule has 0 atom stereocenters. The number of hydrogen-bond acceptors (Lipinski definition) is 4. The van der Waals surface area contributed by atoms with Crippen LogP contribution in [-0.4, -0.2) is 30.7 Å². The molecular weight excluding hydrogens is 196 g/mol. The van der Waals surface area contributed by atoms with E-state index in [0.29, 0.717) is 11.6 Å². The van der Waals surface area contributed by atoms with Crippen molar-refractivity contribution in [2.45, 2.75) is 19.8 Å². The van der Waals surface area contributed by atoms with Gasteiger partial charge in [-0.25, -0.2) is 14.3 Å². The number of carboxylic acids is 1. The lowest BCUT2D eigenvalue weighted by Gasteiger charge is -1.92. The summed E-state index contributed by atoms with van der Waals surface area (Å²) in [4.78, 5) is 18.7. The second-order valence-corrected chi connectivity index (χ2v) is 3.49. The molecule has 2 rings (SSSR count). The zero-order chi connectivity index (χ0) is 11.0. The van der Waals surface area contributed by atoms with Crippen LogP contribution >= 0.6 is 0 Å². The maximum absolute atomic E-state index is 10.7. The summed E-state index contributed by atoms with van der Waals surface area (Å²) in [6, 6.07) is 1.40. The fraction of sp³-hybridized carbons (Fsp3) is 0.333. The molecule has 0 aromatic carbocycles. The van der Waals surface area contributed by atoms with E-state index in [1.54, 1.807) is 6.20 Å². The minimum atomic E-state index is -1.06. The molecule has 2 heterocycles. The van der Waals surface area contributed by atoms with E-state index in [4.69, 9.17) is 5.11 Å². The fourth-order valence-electron chi connectivity index (χ4n) is 1.16. The first-order valence-corrected chi connectivity index (χ1v) is 4.54. The van der Waals surface area contributed by atoms with Crippen molar-refractivity contribution < 1.29 is 9.90 Å². The zero-order valence-electron chi connectivity index (χ0n) is 8.38. The largest absolute Gasteiger partial charge is 0.477 e. The summed E-state index contributed by atoms with van der Waals surface area (Å²) in [5, 5.41) is 12.9. The SMILES string of the molecule is CC(C)c1nc2nc(C(=O)O)ccn2n1. The summed E-state index contributed by atoms with van der Waals surface area (Å²) >= 11 is 0. The summed E-state index contributed by atoms with van der Waals surface area (Å²) in [7, 11) is 0. The molecule has 6 nitrogen and oxygen atoms in total. The normalized spacial score (nSPS) is 11.1. The van der Waals surface area contributed by atoms with E-state index in [0.717, 1.165) is 0 Å². The van der Waals surface area contributed by atoms with E-state index < -0.39 is 5.97 Å². The number of carboxylic acid groups (broad SMARTS) is 1. The van der Waals surface area contributed by atoms with Gasteiger partial charge in [0.2, 0.25) is 0 Å². The molecule has 2 aromatic heterocycles. The molecule has 0 amide bonds. The summed E-state index contributed by atoms with van der Waals surface area (Å²) in [5.41, 5.74) is -0.0230. The molecule has 0 spiro atoms. The number of rotatable bonds is 2. The van der Waals surface area contributed by atoms with E-state index in [2.05, 4.69) is 15.1 Å². The number of nitrogens with zero attached hydrogens (tertiary/aromatic N) is 4. The molecule has 15 heavy (non-hydrogen) atoms. The monoisotopic (exact) mass is 206 g/mol. The highest BCUT2D eigenvalue weighted by Gasteiger charge is 2.11. The van der Waals surface area contributed by atoms with Crippen molar-refractivity contribution in [1.29, 1.82) is 0 Å². The van der Waals surface area contributed by atoms with Gasteiger partial charge in [0, 0.05) is 12.1 Å². The number of aromatic nitrogens is 4. The molecule has 2 aromatic rings. The highest BCUT2D eigenvalue weighted by Crippen LogP contribution is 2.09. The number of hydrogen-bond donors (Lipinski definition) is 1. The predicted octanol–water partition coefficient (Wildman–Crippen LogP) is 0.946. The lowest BCUT2D eigenvalue weighted by Crippen LogP contribution is -2.02. The van der Waals surface area contributed by atoms with Crippen LogP contribution in [0.15, 0.2) is 12.3 Å². The van der Waals surface area contributed by atoms with Crippen molar-refractivity contribution >= 4 is 11.7 Å². The molecule has 0 saturated carbocycles. The van der Waals surface area contributed by atoms with Crippen LogP contribution in [0, 0.1) is 0 Å². The van der Waals surface area contributed by atoms with Gasteiger partial charge in [0.05, 0.1) is 0 Å². The zero-order valence-corrected chi connectivity index (χ0v) is 8.38. The molecule has 0 aliphatic carbocycles. The number of aromatic carboxylic acids is 1. The van der Waals surface area contributed by atoms with Gasteiger partial charge in [0.15, 0.2) is 11.5 Å². The van der Waals surface area contributed by atoms with Crippen LogP contribution in [-0.2, 0) is 0 Å². The van der Waals surface area contributed by atoms with Gasteiger partial charge >= 0.3 is 5.97 Å². The Hall–Kier alpha value is -1.98. The molecule has 0 bridgehead atoms. The minimum Gasteiger partial charge on any atom is -0.477 e. The first kappa shape index (κ1) is 9.57. The van der Waals surface area contributed by atoms with Crippen LogP contribution in [0.4, 0.5) is 0 Å². The summed E-state index contributed by atoms with van der Waals surface area (Å²) < 4.78 is 1.47. The van der Waals surface area contributed by atoms with E-state index in [1.165, 1.54) is 10.6 Å². The Morgan fingerprint density at radius 1 is 1.47 bits per heavy atom. The molecule has 0 aliphatic heterocycles. The van der Waals surface area contributed by atoms with Crippen molar-refractivity contribution in [2.24, 2.45) is 0 Å². The summed E-state index contributed by atoms with van der Waals surface area (Å²) in [6.07, 6.45) is 1.55. The molecular formula is C9H10N4O2. The van der Waals surface area contributed by atoms with Gasteiger partial charge in [-0.15, -0.1) is 5.10 Å². The second kappa shape index (κ2) is 3.30. The van der Waals surface area contributed by atoms with Crippen molar-refractivity contribution in [2.75, 3.05) is 0 Å². The van der Waals surface area contributed by atoms with Gasteiger partial charge in [-0.3, -0.25) is 0 Å². The fourth-order valence-corrected chi connectivity index (χ4v) is 1.16. The maximum Gasteiger partial charge on any atom is 0.354 e. The Morgan fingerprint density at radius 2 is 2.20 bits per heavy atom. The number of fused-ring (bicyclic) bond motifs is 1. The Morgan fingerprint density at radius 3 is 2.80 bits per heavy atom. The standard InChI is InChI=1S/C9H10N4O2/c1-5(2)7-11-9-10-6(8(14)15)3-4-13(9)12-7/h3-5H,1-2H3,(H,14,15). The Kier molecular flexibility index (Phi) is 2.11. The summed E-state index contributed by atoms with van der Waals surface area (Å²) in [5.74, 6) is 0.107. The molecule has 0 unspecified atom stereocenters. The second-order valence-electron chi connectivity index (χ2n) is 3.49. The Bertz CT molecular complexity index is 518. The van der Waals surface area contributed by atoms with Crippen molar-refractivity contribution in [1.82, 2.24) is 19.6 Å². The lowest BCUT2D eigenvalue weighted by molar-refractivity contribution is 0.0690. The first-order chi connectivity index (χ1) is 7.08. The molecule has 0 radical (unpaired) electrons. The molecule has 0 fully saturated rings. The molecule has 6 heteroatoms. The molecule has 78 valence electrons. The van der Waals surface area contributed by atoms with Crippen molar-refractivity contribution in [3.05, 3.63) is 23.8 Å². The smallest absolute Gasteiger partial charge is 0.354 e. The van der Waals surface area contributed by atoms with E-state index in [9.17, 15) is 4.79 Å². The van der Waals surface area contributed by atoms with Gasteiger partial charge in [-0.2, -0.15) is 4.98 Å². The molecule has 0 saturated heterocycles. The third-order valence-electron chi connectivity index (χ3n) is 1.96. The molecule has 1 N–H and O–H groups in total. The number of carbonyl (C=O) groups is 1. The van der Waals surface area contributed by atoms with Crippen LogP contribution in [0.25, 0.3) is 5.78 Å². The van der Waals surface area contributed by atoms with Crippen LogP contribution in [0.5, 0.6) is 0 Å². The quantitative estimate of drug-likeness (QED) is 0.791. The van der Waals surface area contributed by atoms with E-state index in [-0.39, 0.29) is 11.6 Å². The van der Waals surface area contributed by atoms with Gasteiger partial charge in [0.25, 0.3) is 5.78 Å². The van der Waals surface area contributed by atoms with E-state index >= 15 is 0 Å². The minimum absolute atomic E-state index is 0.0230. The van der Waals surface area contributed by atoms with Crippen LogP contribution in [0.2, 0.25) is 0 Å². The van der Waals surface area contributed by atoms with Crippen molar-refractivity contribution in [3.8, 4) is 0 Å². The highest BCUT2D eigenvalue weighted by molar-refractivity contribution is 5.85. The lowest BCUT2D eigenvalue weighted by atomic mass is 10.2. The van der Waals surface area contributed by atoms with Crippen LogP contribution in [0.1, 0.15) is 36.1 Å². The summed E-state index contributed by atoms with van der Waals surface area (Å²) in [6.45, 7) is 3.93. The first-order valence-electron chi connectivity index (χ1n) is 4.54. The average molecular weight is 206 g/mol. The third-order valence-corrected chi connectivity index (χ3v) is 1.96. The third kappa shape index (κ3) is 1.65. The average Bonchev–Trinajstić information content (AvgIpc) is 2.59. The highest BCUT2D eigenvalue weighted by atomic mass is 16.4. The Balaban J connectivity index is 2.57. The molecule has 0 aliphatic rings. The van der Waals surface area contributed by atoms with Gasteiger partial charge in [-0.05, 0) is 6.07 Å². The van der Waals surface area contributed by atoms with Gasteiger partial charge in [0.1, 0.15) is 0 Å².